The van der Waals surface area contributed by atoms with Gasteiger partial charge >= 0.3 is 13.6 Å². The van der Waals surface area contributed by atoms with Gasteiger partial charge in [-0.25, -0.2) is 4.79 Å². The van der Waals surface area contributed by atoms with E-state index >= 15 is 0 Å². The van der Waals surface area contributed by atoms with Gasteiger partial charge in [0.2, 0.25) is 0 Å². The second kappa shape index (κ2) is 10.4. The maximum absolute atomic E-state index is 12.6. The molecule has 0 atom stereocenters. The number of amides is 2. The zero-order valence-corrected chi connectivity index (χ0v) is 17.8. The number of anilines is 2. The Bertz CT molecular complexity index is 794. The molecule has 2 aromatic rings. The molecule has 0 radical (unpaired) electrons. The molecule has 28 heavy (non-hydrogen) atoms. The molecule has 2 amide bonds. The van der Waals surface area contributed by atoms with E-state index in [0.717, 1.165) is 11.3 Å². The number of hydrogen-bond donors (Lipinski definition) is 2. The lowest BCUT2D eigenvalue weighted by atomic mass is 10.0. The number of nitrogens with one attached hydrogen (secondary N) is 2. The van der Waals surface area contributed by atoms with Gasteiger partial charge in [-0.15, -0.1) is 0 Å². The third-order valence-corrected chi connectivity index (χ3v) is 6.13. The van der Waals surface area contributed by atoms with Crippen molar-refractivity contribution in [1.82, 2.24) is 0 Å². The Kier molecular flexibility index (Phi) is 8.24. The molecule has 0 heterocycles. The summed E-state index contributed by atoms with van der Waals surface area (Å²) >= 11 is 0. The van der Waals surface area contributed by atoms with Crippen LogP contribution < -0.4 is 10.6 Å². The van der Waals surface area contributed by atoms with Gasteiger partial charge in [0.05, 0.1) is 19.4 Å². The SMILES string of the molecule is CCOP(=O)(Cc1ccc(NC(=O)Nc2ccc(C(C)C)cc2)cc1)OCC. The van der Waals surface area contributed by atoms with Crippen LogP contribution in [-0.2, 0) is 19.8 Å². The molecular weight excluding hydrogens is 375 g/mol. The van der Waals surface area contributed by atoms with Crippen LogP contribution in [0.5, 0.6) is 0 Å². The fraction of sp³-hybridized carbons (Fsp3) is 0.381. The zero-order valence-electron chi connectivity index (χ0n) is 16.9. The van der Waals surface area contributed by atoms with Crippen LogP contribution in [0.15, 0.2) is 48.5 Å². The normalized spacial score (nSPS) is 11.5. The molecule has 0 saturated heterocycles. The molecule has 6 nitrogen and oxygen atoms in total. The summed E-state index contributed by atoms with van der Waals surface area (Å²) in [6.45, 7) is 8.48. The predicted molar refractivity (Wildman–Crippen MR) is 114 cm³/mol. The van der Waals surface area contributed by atoms with Crippen LogP contribution in [0.3, 0.4) is 0 Å². The van der Waals surface area contributed by atoms with Crippen molar-refractivity contribution < 1.29 is 18.4 Å². The van der Waals surface area contributed by atoms with Crippen molar-refractivity contribution in [2.24, 2.45) is 0 Å². The Hall–Kier alpha value is -2.14. The second-order valence-electron chi connectivity index (χ2n) is 6.66. The van der Waals surface area contributed by atoms with Crippen LogP contribution in [0, 0.1) is 0 Å². The molecule has 0 saturated carbocycles. The minimum absolute atomic E-state index is 0.198. The van der Waals surface area contributed by atoms with Crippen LogP contribution in [0.2, 0.25) is 0 Å². The number of carbonyl (C=O) groups excluding carboxylic acids is 1. The van der Waals surface area contributed by atoms with Crippen LogP contribution in [0.1, 0.15) is 44.7 Å². The van der Waals surface area contributed by atoms with Gasteiger partial charge in [-0.1, -0.05) is 38.1 Å². The average molecular weight is 404 g/mol. The summed E-state index contributed by atoms with van der Waals surface area (Å²) in [5, 5.41) is 5.59. The lowest BCUT2D eigenvalue weighted by Gasteiger charge is -2.17. The average Bonchev–Trinajstić information content (AvgIpc) is 2.64. The third-order valence-electron chi connectivity index (χ3n) is 4.07. The van der Waals surface area contributed by atoms with Crippen LogP contribution in [0.25, 0.3) is 0 Å². The largest absolute Gasteiger partial charge is 0.335 e. The highest BCUT2D eigenvalue weighted by Gasteiger charge is 2.23. The van der Waals surface area contributed by atoms with E-state index in [1.54, 1.807) is 38.1 Å². The van der Waals surface area contributed by atoms with E-state index in [4.69, 9.17) is 9.05 Å². The Morgan fingerprint density at radius 2 is 1.36 bits per heavy atom. The quantitative estimate of drug-likeness (QED) is 0.487. The summed E-state index contributed by atoms with van der Waals surface area (Å²) < 4.78 is 23.2. The first-order chi connectivity index (χ1) is 13.3. The van der Waals surface area contributed by atoms with Crippen molar-refractivity contribution in [1.29, 1.82) is 0 Å². The fourth-order valence-corrected chi connectivity index (χ4v) is 4.39. The molecule has 2 rings (SSSR count). The molecule has 0 aliphatic heterocycles. The summed E-state index contributed by atoms with van der Waals surface area (Å²) in [5.41, 5.74) is 3.41. The number of hydrogen-bond acceptors (Lipinski definition) is 4. The van der Waals surface area contributed by atoms with Gasteiger partial charge in [-0.05, 0) is 55.2 Å². The Labute approximate surface area is 167 Å². The molecule has 0 spiro atoms. The van der Waals surface area contributed by atoms with E-state index in [9.17, 15) is 9.36 Å². The first-order valence-corrected chi connectivity index (χ1v) is 11.2. The molecule has 7 heteroatoms. The van der Waals surface area contributed by atoms with Gasteiger partial charge < -0.3 is 19.7 Å². The Morgan fingerprint density at radius 3 is 1.79 bits per heavy atom. The lowest BCUT2D eigenvalue weighted by molar-refractivity contribution is 0.219. The molecule has 0 fully saturated rings. The van der Waals surface area contributed by atoms with Crippen molar-refractivity contribution in [2.75, 3.05) is 23.8 Å². The summed E-state index contributed by atoms with van der Waals surface area (Å²) in [7, 11) is -3.14. The number of rotatable bonds is 9. The van der Waals surface area contributed by atoms with E-state index < -0.39 is 7.60 Å². The monoisotopic (exact) mass is 404 g/mol. The van der Waals surface area contributed by atoms with Gasteiger partial charge in [-0.2, -0.15) is 0 Å². The summed E-state index contributed by atoms with van der Waals surface area (Å²) in [6, 6.07) is 14.6. The topological polar surface area (TPSA) is 76.7 Å². The zero-order chi connectivity index (χ0) is 20.6. The highest BCUT2D eigenvalue weighted by Crippen LogP contribution is 2.51. The van der Waals surface area contributed by atoms with Gasteiger partial charge in [0, 0.05) is 11.4 Å². The number of urea groups is 1. The van der Waals surface area contributed by atoms with E-state index in [2.05, 4.69) is 24.5 Å². The highest BCUT2D eigenvalue weighted by atomic mass is 31.2. The Balaban J connectivity index is 1.94. The van der Waals surface area contributed by atoms with Crippen molar-refractivity contribution in [2.45, 2.75) is 39.8 Å². The summed E-state index contributed by atoms with van der Waals surface area (Å²) in [5.74, 6) is 0.446. The molecular formula is C21H29N2O4P. The smallest absolute Gasteiger partial charge is 0.309 e. The maximum atomic E-state index is 12.6. The van der Waals surface area contributed by atoms with Crippen LogP contribution >= 0.6 is 7.60 Å². The lowest BCUT2D eigenvalue weighted by Crippen LogP contribution is -2.19. The standard InChI is InChI=1S/C21H29N2O4P/c1-5-26-28(25,27-6-2)15-17-7-11-19(12-8-17)22-21(24)23-20-13-9-18(10-14-20)16(3)4/h7-14,16H,5-6,15H2,1-4H3,(H2,22,23,24). The minimum atomic E-state index is -3.14. The molecule has 0 aromatic heterocycles. The van der Waals surface area contributed by atoms with Crippen molar-refractivity contribution in [3.63, 3.8) is 0 Å². The fourth-order valence-electron chi connectivity index (χ4n) is 2.68. The van der Waals surface area contributed by atoms with Crippen molar-refractivity contribution in [3.8, 4) is 0 Å². The number of benzene rings is 2. The van der Waals surface area contributed by atoms with E-state index in [0.29, 0.717) is 24.8 Å². The van der Waals surface area contributed by atoms with Crippen LogP contribution in [-0.4, -0.2) is 19.2 Å². The number of carbonyl (C=O) groups is 1. The third kappa shape index (κ3) is 6.79. The molecule has 0 bridgehead atoms. The first-order valence-electron chi connectivity index (χ1n) is 9.50. The van der Waals surface area contributed by atoms with Gasteiger partial charge in [0.1, 0.15) is 0 Å². The Morgan fingerprint density at radius 1 is 0.893 bits per heavy atom. The molecule has 0 aliphatic carbocycles. The highest BCUT2D eigenvalue weighted by molar-refractivity contribution is 7.53. The summed E-state index contributed by atoms with van der Waals surface area (Å²) in [4.78, 5) is 12.2. The van der Waals surface area contributed by atoms with Crippen molar-refractivity contribution >= 4 is 25.0 Å². The van der Waals surface area contributed by atoms with Crippen molar-refractivity contribution in [3.05, 3.63) is 59.7 Å². The van der Waals surface area contributed by atoms with E-state index in [-0.39, 0.29) is 12.2 Å². The van der Waals surface area contributed by atoms with Gasteiger partial charge in [0.25, 0.3) is 0 Å². The molecule has 2 N–H and O–H groups in total. The molecule has 152 valence electrons. The van der Waals surface area contributed by atoms with Crippen LogP contribution in [0.4, 0.5) is 16.2 Å². The predicted octanol–water partition coefficient (Wildman–Crippen LogP) is 6.22. The maximum Gasteiger partial charge on any atom is 0.335 e. The molecule has 2 aromatic carbocycles. The van der Waals surface area contributed by atoms with Gasteiger partial charge in [0.15, 0.2) is 0 Å². The van der Waals surface area contributed by atoms with Gasteiger partial charge in [-0.3, -0.25) is 4.57 Å². The molecule has 0 unspecified atom stereocenters. The molecule has 0 aliphatic rings. The second-order valence-corrected chi connectivity index (χ2v) is 8.71. The van der Waals surface area contributed by atoms with E-state index in [1.165, 1.54) is 5.56 Å². The minimum Gasteiger partial charge on any atom is -0.309 e. The summed E-state index contributed by atoms with van der Waals surface area (Å²) in [6.07, 6.45) is 0.198. The first kappa shape index (κ1) is 22.2. The van der Waals surface area contributed by atoms with E-state index in [1.807, 2.05) is 24.3 Å².